The van der Waals surface area contributed by atoms with E-state index in [2.05, 4.69) is 17.6 Å². The first-order chi connectivity index (χ1) is 8.13. The number of nitrogens with two attached hydrogens (primary N) is 1. The molecule has 0 aliphatic rings. The van der Waals surface area contributed by atoms with Gasteiger partial charge in [0, 0.05) is 5.56 Å². The van der Waals surface area contributed by atoms with Gasteiger partial charge in [0.2, 0.25) is 0 Å². The van der Waals surface area contributed by atoms with Gasteiger partial charge in [-0.15, -0.1) is 0 Å². The van der Waals surface area contributed by atoms with Crippen LogP contribution in [0.4, 0.5) is 5.13 Å². The molecule has 0 saturated heterocycles. The molecule has 0 amide bonds. The zero-order chi connectivity index (χ0) is 12.4. The van der Waals surface area contributed by atoms with E-state index in [0.29, 0.717) is 28.4 Å². The molecule has 2 rings (SSSR count). The number of hydrogen-bond acceptors (Lipinski definition) is 6. The maximum absolute atomic E-state index is 10.1. The average molecular weight is 270 g/mol. The molecule has 17 heavy (non-hydrogen) atoms. The van der Waals surface area contributed by atoms with E-state index in [1.54, 1.807) is 6.07 Å². The minimum Gasteiger partial charge on any atom is -0.390 e. The van der Waals surface area contributed by atoms with E-state index in [4.69, 9.17) is 5.73 Å². The number of para-hydroxylation sites is 1. The molecule has 0 aliphatic carbocycles. The maximum atomic E-state index is 10.1. The number of aliphatic hydroxyl groups excluding tert-OH is 2. The van der Waals surface area contributed by atoms with E-state index < -0.39 is 12.2 Å². The number of aliphatic hydroxyl groups is 2. The standard InChI is InChI=1S/C11H14N2O2S2/c12-11-13-9-6(2-1-3-8(9)17-11)10(15)7(14)4-5-16/h1-3,7,10,14-16H,4-5H2,(H2,12,13). The van der Waals surface area contributed by atoms with Crippen LogP contribution in [0.25, 0.3) is 10.2 Å². The second-order valence-electron chi connectivity index (χ2n) is 3.77. The Hall–Kier alpha value is -0.820. The highest BCUT2D eigenvalue weighted by atomic mass is 32.1. The van der Waals surface area contributed by atoms with Crippen molar-refractivity contribution in [2.45, 2.75) is 18.6 Å². The van der Waals surface area contributed by atoms with Crippen LogP contribution < -0.4 is 5.73 Å². The Morgan fingerprint density at radius 2 is 2.18 bits per heavy atom. The number of thiazole rings is 1. The fourth-order valence-electron chi connectivity index (χ4n) is 1.72. The summed E-state index contributed by atoms with van der Waals surface area (Å²) >= 11 is 5.41. The molecule has 0 spiro atoms. The van der Waals surface area contributed by atoms with Gasteiger partial charge in [-0.25, -0.2) is 4.98 Å². The van der Waals surface area contributed by atoms with Crippen LogP contribution in [0, 0.1) is 0 Å². The second kappa shape index (κ2) is 5.22. The summed E-state index contributed by atoms with van der Waals surface area (Å²) in [6.45, 7) is 0. The molecule has 1 heterocycles. The third kappa shape index (κ3) is 2.55. The lowest BCUT2D eigenvalue weighted by atomic mass is 10.0. The molecule has 1 aromatic carbocycles. The first-order valence-electron chi connectivity index (χ1n) is 5.25. The molecular formula is C11H14N2O2S2. The molecule has 4 nitrogen and oxygen atoms in total. The number of anilines is 1. The number of fused-ring (bicyclic) bond motifs is 1. The highest BCUT2D eigenvalue weighted by molar-refractivity contribution is 7.80. The lowest BCUT2D eigenvalue weighted by molar-refractivity contribution is 0.0180. The molecule has 0 bridgehead atoms. The van der Waals surface area contributed by atoms with Crippen molar-refractivity contribution in [3.8, 4) is 0 Å². The predicted octanol–water partition coefficient (Wildman–Crippen LogP) is 1.59. The van der Waals surface area contributed by atoms with Crippen molar-refractivity contribution in [1.82, 2.24) is 4.98 Å². The summed E-state index contributed by atoms with van der Waals surface area (Å²) in [5.74, 6) is 0.521. The number of rotatable bonds is 4. The number of nitrogen functional groups attached to an aromatic ring is 1. The Labute approximate surface area is 109 Å². The number of benzene rings is 1. The van der Waals surface area contributed by atoms with Gasteiger partial charge >= 0.3 is 0 Å². The summed E-state index contributed by atoms with van der Waals surface area (Å²) in [6, 6.07) is 5.48. The Morgan fingerprint density at radius 3 is 2.88 bits per heavy atom. The third-order valence-corrected chi connectivity index (χ3v) is 3.68. The van der Waals surface area contributed by atoms with E-state index in [1.807, 2.05) is 12.1 Å². The number of thiol groups is 1. The van der Waals surface area contributed by atoms with Gasteiger partial charge in [0.15, 0.2) is 5.13 Å². The van der Waals surface area contributed by atoms with E-state index in [-0.39, 0.29) is 0 Å². The SMILES string of the molecule is Nc1nc2c(C(O)C(O)CCS)cccc2s1. The van der Waals surface area contributed by atoms with Crippen molar-refractivity contribution in [3.05, 3.63) is 23.8 Å². The monoisotopic (exact) mass is 270 g/mol. The summed E-state index contributed by atoms with van der Waals surface area (Å²) in [5, 5.41) is 20.3. The van der Waals surface area contributed by atoms with E-state index in [0.717, 1.165) is 4.70 Å². The Kier molecular flexibility index (Phi) is 3.88. The van der Waals surface area contributed by atoms with E-state index >= 15 is 0 Å². The molecular weight excluding hydrogens is 256 g/mol. The van der Waals surface area contributed by atoms with Crippen LogP contribution in [0.3, 0.4) is 0 Å². The van der Waals surface area contributed by atoms with Gasteiger partial charge in [0.1, 0.15) is 6.10 Å². The molecule has 6 heteroatoms. The van der Waals surface area contributed by atoms with Gasteiger partial charge in [0.05, 0.1) is 16.3 Å². The average Bonchev–Trinajstić information content (AvgIpc) is 2.68. The number of aromatic nitrogens is 1. The quantitative estimate of drug-likeness (QED) is 0.636. The Morgan fingerprint density at radius 1 is 1.41 bits per heavy atom. The van der Waals surface area contributed by atoms with Gasteiger partial charge in [-0.05, 0) is 18.2 Å². The summed E-state index contributed by atoms with van der Waals surface area (Å²) in [6.07, 6.45) is -1.35. The molecule has 0 radical (unpaired) electrons. The van der Waals surface area contributed by atoms with Crippen molar-refractivity contribution < 1.29 is 10.2 Å². The number of hydrogen-bond donors (Lipinski definition) is 4. The fourth-order valence-corrected chi connectivity index (χ4v) is 2.76. The van der Waals surface area contributed by atoms with E-state index in [9.17, 15) is 10.2 Å². The largest absolute Gasteiger partial charge is 0.390 e. The highest BCUT2D eigenvalue weighted by Gasteiger charge is 2.21. The Bertz CT molecular complexity index is 515. The van der Waals surface area contributed by atoms with Crippen LogP contribution in [-0.4, -0.2) is 27.1 Å². The molecule has 2 atom stereocenters. The molecule has 92 valence electrons. The van der Waals surface area contributed by atoms with Crippen molar-refractivity contribution in [2.24, 2.45) is 0 Å². The van der Waals surface area contributed by atoms with Crippen LogP contribution in [0.15, 0.2) is 18.2 Å². The predicted molar refractivity (Wildman–Crippen MR) is 73.5 cm³/mol. The van der Waals surface area contributed by atoms with Crippen LogP contribution in [0.1, 0.15) is 18.1 Å². The molecule has 4 N–H and O–H groups in total. The van der Waals surface area contributed by atoms with Crippen molar-refractivity contribution in [3.63, 3.8) is 0 Å². The van der Waals surface area contributed by atoms with Gasteiger partial charge < -0.3 is 15.9 Å². The van der Waals surface area contributed by atoms with Crippen LogP contribution in [0.2, 0.25) is 0 Å². The van der Waals surface area contributed by atoms with E-state index in [1.165, 1.54) is 11.3 Å². The third-order valence-electron chi connectivity index (χ3n) is 2.57. The normalized spacial score (nSPS) is 15.0. The van der Waals surface area contributed by atoms with Gasteiger partial charge in [-0.2, -0.15) is 12.6 Å². The lowest BCUT2D eigenvalue weighted by Crippen LogP contribution is -2.18. The number of nitrogens with zero attached hydrogens (tertiary/aromatic N) is 1. The fraction of sp³-hybridized carbons (Fsp3) is 0.364. The summed E-state index contributed by atoms with van der Waals surface area (Å²) in [7, 11) is 0. The summed E-state index contributed by atoms with van der Waals surface area (Å²) in [4.78, 5) is 4.18. The molecule has 2 aromatic rings. The smallest absolute Gasteiger partial charge is 0.181 e. The summed E-state index contributed by atoms with van der Waals surface area (Å²) < 4.78 is 0.914. The first kappa shape index (κ1) is 12.6. The molecule has 0 saturated carbocycles. The van der Waals surface area contributed by atoms with Crippen LogP contribution in [-0.2, 0) is 0 Å². The van der Waals surface area contributed by atoms with Gasteiger partial charge in [-0.1, -0.05) is 23.5 Å². The van der Waals surface area contributed by atoms with Crippen molar-refractivity contribution in [1.29, 1.82) is 0 Å². The molecule has 0 aliphatic heterocycles. The van der Waals surface area contributed by atoms with Crippen molar-refractivity contribution >= 4 is 39.3 Å². The van der Waals surface area contributed by atoms with Crippen LogP contribution >= 0.6 is 24.0 Å². The molecule has 1 aromatic heterocycles. The zero-order valence-electron chi connectivity index (χ0n) is 9.08. The highest BCUT2D eigenvalue weighted by Crippen LogP contribution is 2.31. The topological polar surface area (TPSA) is 79.4 Å². The van der Waals surface area contributed by atoms with Crippen LogP contribution in [0.5, 0.6) is 0 Å². The first-order valence-corrected chi connectivity index (χ1v) is 6.70. The second-order valence-corrected chi connectivity index (χ2v) is 5.28. The molecule has 0 fully saturated rings. The lowest BCUT2D eigenvalue weighted by Gasteiger charge is -2.17. The minimum absolute atomic E-state index is 0.431. The zero-order valence-corrected chi connectivity index (χ0v) is 10.8. The van der Waals surface area contributed by atoms with Crippen molar-refractivity contribution in [2.75, 3.05) is 11.5 Å². The maximum Gasteiger partial charge on any atom is 0.181 e. The summed E-state index contributed by atoms with van der Waals surface area (Å²) in [5.41, 5.74) is 6.93. The van der Waals surface area contributed by atoms with Gasteiger partial charge in [-0.3, -0.25) is 0 Å². The van der Waals surface area contributed by atoms with Gasteiger partial charge in [0.25, 0.3) is 0 Å². The Balaban J connectivity index is 2.40. The molecule has 2 unspecified atom stereocenters. The minimum atomic E-state index is -0.952.